The highest BCUT2D eigenvalue weighted by atomic mass is 19.4. The standard InChI is InChI=1S/C14H12F3N5O/c1-2-23-9-4-3-7(5-8(9)14(15,16)17)11-10-12(18)19-6-20-13(10)22-21-11/h3-6H,2H2,1H3,(H3,18,19,20,21,22). The minimum absolute atomic E-state index is 0.133. The lowest BCUT2D eigenvalue weighted by Crippen LogP contribution is -2.09. The van der Waals surface area contributed by atoms with E-state index in [4.69, 9.17) is 10.5 Å². The van der Waals surface area contributed by atoms with Crippen LogP contribution in [0.5, 0.6) is 5.75 Å². The van der Waals surface area contributed by atoms with Crippen LogP contribution in [0.15, 0.2) is 24.5 Å². The molecule has 0 unspecified atom stereocenters. The van der Waals surface area contributed by atoms with E-state index < -0.39 is 11.7 Å². The van der Waals surface area contributed by atoms with Crippen LogP contribution in [0.25, 0.3) is 22.3 Å². The number of ether oxygens (including phenoxy) is 1. The van der Waals surface area contributed by atoms with E-state index >= 15 is 0 Å². The first-order valence-corrected chi connectivity index (χ1v) is 6.70. The number of hydrogen-bond acceptors (Lipinski definition) is 5. The van der Waals surface area contributed by atoms with Crippen molar-refractivity contribution in [1.82, 2.24) is 20.2 Å². The monoisotopic (exact) mass is 323 g/mol. The Hall–Kier alpha value is -2.84. The molecule has 0 aliphatic heterocycles. The Morgan fingerprint density at radius 1 is 1.26 bits per heavy atom. The van der Waals surface area contributed by atoms with E-state index in [9.17, 15) is 13.2 Å². The summed E-state index contributed by atoms with van der Waals surface area (Å²) in [5.74, 6) is -0.0889. The molecule has 0 bridgehead atoms. The molecule has 0 saturated heterocycles. The van der Waals surface area contributed by atoms with Gasteiger partial charge in [0.2, 0.25) is 0 Å². The second-order valence-electron chi connectivity index (χ2n) is 4.70. The zero-order chi connectivity index (χ0) is 16.6. The lowest BCUT2D eigenvalue weighted by atomic mass is 10.0. The Labute approximate surface area is 128 Å². The third-order valence-corrected chi connectivity index (χ3v) is 3.25. The van der Waals surface area contributed by atoms with Gasteiger partial charge in [0, 0.05) is 5.56 Å². The third kappa shape index (κ3) is 2.65. The molecule has 3 aromatic rings. The fourth-order valence-electron chi connectivity index (χ4n) is 2.27. The predicted molar refractivity (Wildman–Crippen MR) is 77.7 cm³/mol. The van der Waals surface area contributed by atoms with Gasteiger partial charge in [-0.05, 0) is 25.1 Å². The molecular formula is C14H12F3N5O. The molecule has 2 heterocycles. The Morgan fingerprint density at radius 2 is 2.04 bits per heavy atom. The zero-order valence-electron chi connectivity index (χ0n) is 12.0. The molecule has 1 aromatic carbocycles. The van der Waals surface area contributed by atoms with E-state index in [1.807, 2.05) is 0 Å². The lowest BCUT2D eigenvalue weighted by Gasteiger charge is -2.14. The number of hydrogen-bond donors (Lipinski definition) is 2. The van der Waals surface area contributed by atoms with Crippen molar-refractivity contribution in [3.63, 3.8) is 0 Å². The van der Waals surface area contributed by atoms with E-state index in [0.717, 1.165) is 6.07 Å². The summed E-state index contributed by atoms with van der Waals surface area (Å²) < 4.78 is 44.7. The summed E-state index contributed by atoms with van der Waals surface area (Å²) in [6.45, 7) is 1.75. The Bertz CT molecular complexity index is 859. The Kier molecular flexibility index (Phi) is 3.55. The fraction of sp³-hybridized carbons (Fsp3) is 0.214. The van der Waals surface area contributed by atoms with Gasteiger partial charge in [0.05, 0.1) is 17.6 Å². The zero-order valence-corrected chi connectivity index (χ0v) is 12.0. The SMILES string of the molecule is CCOc1ccc(-c2n[nH]c3ncnc(N)c23)cc1C(F)(F)F. The molecule has 120 valence electrons. The van der Waals surface area contributed by atoms with Gasteiger partial charge in [-0.3, -0.25) is 5.10 Å². The third-order valence-electron chi connectivity index (χ3n) is 3.25. The number of rotatable bonds is 3. The number of alkyl halides is 3. The molecule has 3 rings (SSSR count). The molecular weight excluding hydrogens is 311 g/mol. The van der Waals surface area contributed by atoms with Gasteiger partial charge in [0.1, 0.15) is 23.6 Å². The van der Waals surface area contributed by atoms with Crippen LogP contribution in [0.2, 0.25) is 0 Å². The minimum Gasteiger partial charge on any atom is -0.493 e. The molecule has 0 aliphatic rings. The van der Waals surface area contributed by atoms with Gasteiger partial charge in [-0.15, -0.1) is 0 Å². The van der Waals surface area contributed by atoms with Crippen molar-refractivity contribution in [2.24, 2.45) is 0 Å². The van der Waals surface area contributed by atoms with Crippen molar-refractivity contribution in [3.8, 4) is 17.0 Å². The molecule has 0 aliphatic carbocycles. The molecule has 9 heteroatoms. The number of aromatic nitrogens is 4. The second kappa shape index (κ2) is 5.41. The quantitative estimate of drug-likeness (QED) is 0.773. The van der Waals surface area contributed by atoms with E-state index in [1.165, 1.54) is 18.5 Å². The van der Waals surface area contributed by atoms with Gasteiger partial charge in [-0.25, -0.2) is 9.97 Å². The summed E-state index contributed by atoms with van der Waals surface area (Å²) in [4.78, 5) is 7.79. The summed E-state index contributed by atoms with van der Waals surface area (Å²) in [6, 6.07) is 3.73. The summed E-state index contributed by atoms with van der Waals surface area (Å²) in [5.41, 5.74) is 5.77. The Morgan fingerprint density at radius 3 is 2.74 bits per heavy atom. The summed E-state index contributed by atoms with van der Waals surface area (Å²) in [5, 5.41) is 7.02. The first-order chi connectivity index (χ1) is 10.9. The first-order valence-electron chi connectivity index (χ1n) is 6.70. The molecule has 0 radical (unpaired) electrons. The van der Waals surface area contributed by atoms with E-state index in [2.05, 4.69) is 20.2 Å². The molecule has 23 heavy (non-hydrogen) atoms. The van der Waals surface area contributed by atoms with Crippen LogP contribution in [-0.2, 0) is 6.18 Å². The number of benzene rings is 1. The maximum absolute atomic E-state index is 13.2. The summed E-state index contributed by atoms with van der Waals surface area (Å²) >= 11 is 0. The molecule has 0 atom stereocenters. The number of nitrogen functional groups attached to an aromatic ring is 1. The second-order valence-corrected chi connectivity index (χ2v) is 4.70. The number of aromatic amines is 1. The van der Waals surface area contributed by atoms with E-state index in [0.29, 0.717) is 11.0 Å². The van der Waals surface area contributed by atoms with Gasteiger partial charge < -0.3 is 10.5 Å². The normalized spacial score (nSPS) is 11.8. The number of nitrogens with zero attached hydrogens (tertiary/aromatic N) is 3. The van der Waals surface area contributed by atoms with Crippen molar-refractivity contribution in [1.29, 1.82) is 0 Å². The summed E-state index contributed by atoms with van der Waals surface area (Å²) in [6.07, 6.45) is -3.30. The van der Waals surface area contributed by atoms with Crippen molar-refractivity contribution in [2.45, 2.75) is 13.1 Å². The van der Waals surface area contributed by atoms with Crippen molar-refractivity contribution >= 4 is 16.9 Å². The molecule has 2 aromatic heterocycles. The number of nitrogens with two attached hydrogens (primary N) is 1. The topological polar surface area (TPSA) is 89.7 Å². The van der Waals surface area contributed by atoms with Gasteiger partial charge in [0.15, 0.2) is 5.65 Å². The predicted octanol–water partition coefficient (Wildman–Crippen LogP) is 3.02. The van der Waals surface area contributed by atoms with Crippen LogP contribution < -0.4 is 10.5 Å². The van der Waals surface area contributed by atoms with Crippen LogP contribution in [0.3, 0.4) is 0 Å². The maximum atomic E-state index is 13.2. The molecule has 3 N–H and O–H groups in total. The van der Waals surface area contributed by atoms with Gasteiger partial charge in [-0.1, -0.05) is 0 Å². The number of nitrogens with one attached hydrogen (secondary N) is 1. The van der Waals surface area contributed by atoms with Gasteiger partial charge in [0.25, 0.3) is 0 Å². The number of fused-ring (bicyclic) bond motifs is 1. The average molecular weight is 323 g/mol. The molecule has 0 spiro atoms. The fourth-order valence-corrected chi connectivity index (χ4v) is 2.27. The van der Waals surface area contributed by atoms with Crippen LogP contribution >= 0.6 is 0 Å². The van der Waals surface area contributed by atoms with Crippen LogP contribution in [0.4, 0.5) is 19.0 Å². The smallest absolute Gasteiger partial charge is 0.419 e. The van der Waals surface area contributed by atoms with Gasteiger partial charge >= 0.3 is 6.18 Å². The van der Waals surface area contributed by atoms with E-state index in [1.54, 1.807) is 6.92 Å². The van der Waals surface area contributed by atoms with Crippen molar-refractivity contribution in [2.75, 3.05) is 12.3 Å². The van der Waals surface area contributed by atoms with Gasteiger partial charge in [-0.2, -0.15) is 18.3 Å². The average Bonchev–Trinajstić information content (AvgIpc) is 2.92. The number of anilines is 1. The van der Waals surface area contributed by atoms with Crippen LogP contribution in [0.1, 0.15) is 12.5 Å². The minimum atomic E-state index is -4.55. The molecule has 0 amide bonds. The first kappa shape index (κ1) is 15.1. The highest BCUT2D eigenvalue weighted by molar-refractivity contribution is 5.97. The summed E-state index contributed by atoms with van der Waals surface area (Å²) in [7, 11) is 0. The highest BCUT2D eigenvalue weighted by Gasteiger charge is 2.35. The Balaban J connectivity index is 2.20. The number of halogens is 3. The van der Waals surface area contributed by atoms with Crippen LogP contribution in [0, 0.1) is 0 Å². The highest BCUT2D eigenvalue weighted by Crippen LogP contribution is 2.39. The largest absolute Gasteiger partial charge is 0.493 e. The molecule has 6 nitrogen and oxygen atoms in total. The van der Waals surface area contributed by atoms with Crippen molar-refractivity contribution in [3.05, 3.63) is 30.1 Å². The van der Waals surface area contributed by atoms with E-state index in [-0.39, 0.29) is 29.4 Å². The maximum Gasteiger partial charge on any atom is 0.419 e. The molecule has 0 saturated carbocycles. The lowest BCUT2D eigenvalue weighted by molar-refractivity contribution is -0.138. The number of H-pyrrole nitrogens is 1. The molecule has 0 fully saturated rings. The van der Waals surface area contributed by atoms with Crippen molar-refractivity contribution < 1.29 is 17.9 Å². The van der Waals surface area contributed by atoms with Crippen LogP contribution in [-0.4, -0.2) is 26.8 Å².